The number of hydrogen-bond donors (Lipinski definition) is 1. The van der Waals surface area contributed by atoms with Gasteiger partial charge in [0.25, 0.3) is 0 Å². The van der Waals surface area contributed by atoms with Gasteiger partial charge in [-0.1, -0.05) is 27.2 Å². The van der Waals surface area contributed by atoms with Gasteiger partial charge in [-0.05, 0) is 22.4 Å². The lowest BCUT2D eigenvalue weighted by atomic mass is 10.2. The fourth-order valence-electron chi connectivity index (χ4n) is 1.65. The van der Waals surface area contributed by atoms with Gasteiger partial charge in [0.1, 0.15) is 16.2 Å². The van der Waals surface area contributed by atoms with Gasteiger partial charge < -0.3 is 10.6 Å². The Morgan fingerprint density at radius 2 is 2.16 bits per heavy atom. The summed E-state index contributed by atoms with van der Waals surface area (Å²) in [5.74, 6) is 1.39. The van der Waals surface area contributed by atoms with Crippen molar-refractivity contribution >= 4 is 27.7 Å². The SMILES string of the molecule is CCCCN(CC(N)=O)c1cc(Br)nc(C(C)C)n1. The molecule has 5 nitrogen and oxygen atoms in total. The third-order valence-corrected chi connectivity index (χ3v) is 3.07. The van der Waals surface area contributed by atoms with E-state index < -0.39 is 0 Å². The number of nitrogens with zero attached hydrogens (tertiary/aromatic N) is 3. The van der Waals surface area contributed by atoms with Gasteiger partial charge in [0.2, 0.25) is 5.91 Å². The van der Waals surface area contributed by atoms with Crippen molar-refractivity contribution < 1.29 is 4.79 Å². The second-order valence-electron chi connectivity index (χ2n) is 4.80. The Kier molecular flexibility index (Phi) is 6.21. The van der Waals surface area contributed by atoms with Gasteiger partial charge in [-0.15, -0.1) is 0 Å². The molecule has 6 heteroatoms. The van der Waals surface area contributed by atoms with Crippen LogP contribution in [0, 0.1) is 0 Å². The molecule has 0 spiro atoms. The second kappa shape index (κ2) is 7.43. The van der Waals surface area contributed by atoms with E-state index in [1.54, 1.807) is 0 Å². The highest BCUT2D eigenvalue weighted by Gasteiger charge is 2.14. The second-order valence-corrected chi connectivity index (χ2v) is 5.62. The van der Waals surface area contributed by atoms with Crippen LogP contribution in [0.5, 0.6) is 0 Å². The van der Waals surface area contributed by atoms with Crippen LogP contribution in [0.3, 0.4) is 0 Å². The van der Waals surface area contributed by atoms with E-state index in [1.165, 1.54) is 0 Å². The minimum absolute atomic E-state index is 0.182. The molecular formula is C13H21BrN4O. The molecule has 0 fully saturated rings. The molecule has 0 radical (unpaired) electrons. The highest BCUT2D eigenvalue weighted by molar-refractivity contribution is 9.10. The maximum Gasteiger partial charge on any atom is 0.236 e. The molecule has 0 saturated heterocycles. The van der Waals surface area contributed by atoms with Crippen LogP contribution in [0.4, 0.5) is 5.82 Å². The lowest BCUT2D eigenvalue weighted by Gasteiger charge is -2.23. The summed E-state index contributed by atoms with van der Waals surface area (Å²) >= 11 is 3.39. The molecule has 0 aliphatic rings. The van der Waals surface area contributed by atoms with Crippen LogP contribution in [0.15, 0.2) is 10.7 Å². The molecule has 1 aromatic rings. The normalized spacial score (nSPS) is 10.8. The fraction of sp³-hybridized carbons (Fsp3) is 0.615. The summed E-state index contributed by atoms with van der Waals surface area (Å²) in [6.45, 7) is 7.13. The topological polar surface area (TPSA) is 72.1 Å². The molecule has 2 N–H and O–H groups in total. The van der Waals surface area contributed by atoms with Crippen LogP contribution in [0.25, 0.3) is 0 Å². The minimum atomic E-state index is -0.350. The van der Waals surface area contributed by atoms with Crippen molar-refractivity contribution in [2.45, 2.75) is 39.5 Å². The smallest absolute Gasteiger partial charge is 0.236 e. The average molecular weight is 329 g/mol. The number of carbonyl (C=O) groups excluding carboxylic acids is 1. The van der Waals surface area contributed by atoms with Gasteiger partial charge in [0, 0.05) is 18.5 Å². The lowest BCUT2D eigenvalue weighted by Crippen LogP contribution is -2.35. The summed E-state index contributed by atoms with van der Waals surface area (Å²) in [5, 5.41) is 0. The molecule has 0 atom stereocenters. The maximum absolute atomic E-state index is 11.2. The van der Waals surface area contributed by atoms with Crippen molar-refractivity contribution in [3.8, 4) is 0 Å². The molecular weight excluding hydrogens is 308 g/mol. The standard InChI is InChI=1S/C13H21BrN4O/c1-4-5-6-18(8-11(15)19)12-7-10(14)16-13(17-12)9(2)3/h7,9H,4-6,8H2,1-3H3,(H2,15,19). The molecule has 1 amide bonds. The lowest BCUT2D eigenvalue weighted by molar-refractivity contribution is -0.116. The largest absolute Gasteiger partial charge is 0.368 e. The van der Waals surface area contributed by atoms with Crippen LogP contribution in [0.1, 0.15) is 45.4 Å². The number of unbranched alkanes of at least 4 members (excludes halogenated alkanes) is 1. The molecule has 0 aliphatic carbocycles. The molecule has 1 rings (SSSR count). The Morgan fingerprint density at radius 3 is 2.68 bits per heavy atom. The van der Waals surface area contributed by atoms with E-state index >= 15 is 0 Å². The fourth-order valence-corrected chi connectivity index (χ4v) is 2.04. The Morgan fingerprint density at radius 1 is 1.47 bits per heavy atom. The Labute approximate surface area is 122 Å². The van der Waals surface area contributed by atoms with E-state index in [0.29, 0.717) is 0 Å². The van der Waals surface area contributed by atoms with Gasteiger partial charge in [-0.2, -0.15) is 0 Å². The number of primary amides is 1. The summed E-state index contributed by atoms with van der Waals surface area (Å²) in [6.07, 6.45) is 2.05. The molecule has 0 unspecified atom stereocenters. The number of amides is 1. The number of aromatic nitrogens is 2. The first kappa shape index (κ1) is 15.9. The maximum atomic E-state index is 11.2. The summed E-state index contributed by atoms with van der Waals surface area (Å²) in [5.41, 5.74) is 5.30. The van der Waals surface area contributed by atoms with Crippen LogP contribution < -0.4 is 10.6 Å². The molecule has 0 saturated carbocycles. The number of nitrogens with two attached hydrogens (primary N) is 1. The number of rotatable bonds is 7. The van der Waals surface area contributed by atoms with Gasteiger partial charge >= 0.3 is 0 Å². The summed E-state index contributed by atoms with van der Waals surface area (Å²) in [6, 6.07) is 1.82. The number of halogens is 1. The van der Waals surface area contributed by atoms with E-state index in [2.05, 4.69) is 32.8 Å². The first-order valence-corrected chi connectivity index (χ1v) is 7.31. The van der Waals surface area contributed by atoms with E-state index in [1.807, 2.05) is 24.8 Å². The first-order chi connectivity index (χ1) is 8.93. The summed E-state index contributed by atoms with van der Waals surface area (Å²) < 4.78 is 0.729. The zero-order valence-electron chi connectivity index (χ0n) is 11.7. The van der Waals surface area contributed by atoms with Crippen molar-refractivity contribution in [2.24, 2.45) is 5.73 Å². The zero-order valence-corrected chi connectivity index (χ0v) is 13.3. The highest BCUT2D eigenvalue weighted by Crippen LogP contribution is 2.20. The predicted molar refractivity (Wildman–Crippen MR) is 80.1 cm³/mol. The van der Waals surface area contributed by atoms with Crippen molar-refractivity contribution in [1.82, 2.24) is 9.97 Å². The Balaban J connectivity index is 3.02. The van der Waals surface area contributed by atoms with Gasteiger partial charge in [0.15, 0.2) is 0 Å². The summed E-state index contributed by atoms with van der Waals surface area (Å²) in [4.78, 5) is 21.9. The predicted octanol–water partition coefficient (Wildman–Crippen LogP) is 2.45. The van der Waals surface area contributed by atoms with Crippen molar-refractivity contribution in [3.05, 3.63) is 16.5 Å². The third kappa shape index (κ3) is 5.14. The number of anilines is 1. The molecule has 0 aliphatic heterocycles. The number of carbonyl (C=O) groups is 1. The monoisotopic (exact) mass is 328 g/mol. The molecule has 106 valence electrons. The minimum Gasteiger partial charge on any atom is -0.368 e. The van der Waals surface area contributed by atoms with Gasteiger partial charge in [0.05, 0.1) is 6.54 Å². The van der Waals surface area contributed by atoms with E-state index in [0.717, 1.165) is 35.6 Å². The van der Waals surface area contributed by atoms with Gasteiger partial charge in [-0.25, -0.2) is 9.97 Å². The Hall–Kier alpha value is -1.17. The molecule has 1 heterocycles. The van der Waals surface area contributed by atoms with Crippen LogP contribution >= 0.6 is 15.9 Å². The van der Waals surface area contributed by atoms with Crippen LogP contribution in [-0.2, 0) is 4.79 Å². The van der Waals surface area contributed by atoms with E-state index in [-0.39, 0.29) is 18.4 Å². The van der Waals surface area contributed by atoms with Crippen LogP contribution in [0.2, 0.25) is 0 Å². The van der Waals surface area contributed by atoms with Crippen molar-refractivity contribution in [2.75, 3.05) is 18.0 Å². The average Bonchev–Trinajstić information content (AvgIpc) is 2.33. The zero-order chi connectivity index (χ0) is 14.4. The highest BCUT2D eigenvalue weighted by atomic mass is 79.9. The molecule has 1 aromatic heterocycles. The quantitative estimate of drug-likeness (QED) is 0.780. The summed E-state index contributed by atoms with van der Waals surface area (Å²) in [7, 11) is 0. The third-order valence-electron chi connectivity index (χ3n) is 2.67. The Bertz CT molecular complexity index is 437. The molecule has 0 bridgehead atoms. The van der Waals surface area contributed by atoms with Crippen LogP contribution in [-0.4, -0.2) is 29.0 Å². The molecule has 0 aromatic carbocycles. The van der Waals surface area contributed by atoms with Crippen molar-refractivity contribution in [3.63, 3.8) is 0 Å². The molecule has 19 heavy (non-hydrogen) atoms. The van der Waals surface area contributed by atoms with E-state index in [9.17, 15) is 4.79 Å². The van der Waals surface area contributed by atoms with Crippen molar-refractivity contribution in [1.29, 1.82) is 0 Å². The van der Waals surface area contributed by atoms with E-state index in [4.69, 9.17) is 5.73 Å². The first-order valence-electron chi connectivity index (χ1n) is 6.51. The van der Waals surface area contributed by atoms with Gasteiger partial charge in [-0.3, -0.25) is 4.79 Å². The number of hydrogen-bond acceptors (Lipinski definition) is 4.